The third-order valence-electron chi connectivity index (χ3n) is 4.16. The topological polar surface area (TPSA) is 29.5 Å². The number of ether oxygens (including phenoxy) is 1. The first kappa shape index (κ1) is 12.4. The molecule has 94 valence electrons. The fraction of sp³-hybridized carbons (Fsp3) is 0.600. The van der Waals surface area contributed by atoms with Crippen molar-refractivity contribution in [3.63, 3.8) is 0 Å². The minimum absolute atomic E-state index is 0.326. The summed E-state index contributed by atoms with van der Waals surface area (Å²) in [5.41, 5.74) is 0.363. The van der Waals surface area contributed by atoms with Crippen LogP contribution in [0.2, 0.25) is 0 Å². The summed E-state index contributed by atoms with van der Waals surface area (Å²) in [6, 6.07) is 7.85. The summed E-state index contributed by atoms with van der Waals surface area (Å²) in [6.07, 6.45) is 3.18. The molecular formula is C15H22O2. The van der Waals surface area contributed by atoms with Gasteiger partial charge in [0.2, 0.25) is 0 Å². The number of rotatable bonds is 2. The Morgan fingerprint density at radius 3 is 2.41 bits per heavy atom. The molecule has 0 amide bonds. The maximum absolute atomic E-state index is 10.9. The quantitative estimate of drug-likeness (QED) is 0.850. The zero-order valence-electron chi connectivity index (χ0n) is 10.9. The Bertz CT molecular complexity index is 371. The van der Waals surface area contributed by atoms with Gasteiger partial charge in [0, 0.05) is 0 Å². The van der Waals surface area contributed by atoms with Crippen molar-refractivity contribution in [2.24, 2.45) is 11.8 Å². The van der Waals surface area contributed by atoms with Gasteiger partial charge < -0.3 is 9.84 Å². The van der Waals surface area contributed by atoms with Crippen LogP contribution in [0.1, 0.15) is 38.7 Å². The van der Waals surface area contributed by atoms with Crippen molar-refractivity contribution in [2.75, 3.05) is 7.11 Å². The highest BCUT2D eigenvalue weighted by molar-refractivity contribution is 5.31. The second-order valence-electron chi connectivity index (χ2n) is 5.44. The Kier molecular flexibility index (Phi) is 3.43. The van der Waals surface area contributed by atoms with Crippen molar-refractivity contribution < 1.29 is 9.84 Å². The third kappa shape index (κ3) is 2.32. The van der Waals surface area contributed by atoms with Gasteiger partial charge >= 0.3 is 0 Å². The van der Waals surface area contributed by atoms with Crippen LogP contribution in [0.4, 0.5) is 0 Å². The SMILES string of the molecule is COc1ccc(C2(O)CC(C)CCC2C)cc1. The van der Waals surface area contributed by atoms with E-state index in [1.54, 1.807) is 7.11 Å². The fourth-order valence-electron chi connectivity index (χ4n) is 2.89. The van der Waals surface area contributed by atoms with Gasteiger partial charge in [0.05, 0.1) is 12.7 Å². The number of hydrogen-bond acceptors (Lipinski definition) is 2. The largest absolute Gasteiger partial charge is 0.497 e. The monoisotopic (exact) mass is 234 g/mol. The van der Waals surface area contributed by atoms with Crippen LogP contribution in [0.15, 0.2) is 24.3 Å². The Balaban J connectivity index is 2.28. The van der Waals surface area contributed by atoms with Crippen LogP contribution in [0.5, 0.6) is 5.75 Å². The van der Waals surface area contributed by atoms with E-state index in [1.807, 2.05) is 24.3 Å². The van der Waals surface area contributed by atoms with Gasteiger partial charge in [-0.15, -0.1) is 0 Å². The molecule has 0 heterocycles. The summed E-state index contributed by atoms with van der Waals surface area (Å²) in [7, 11) is 1.66. The summed E-state index contributed by atoms with van der Waals surface area (Å²) >= 11 is 0. The van der Waals surface area contributed by atoms with Crippen LogP contribution in [-0.4, -0.2) is 12.2 Å². The van der Waals surface area contributed by atoms with Crippen LogP contribution in [-0.2, 0) is 5.60 Å². The van der Waals surface area contributed by atoms with E-state index >= 15 is 0 Å². The molecule has 2 nitrogen and oxygen atoms in total. The number of methoxy groups -OCH3 is 1. The Morgan fingerprint density at radius 1 is 1.18 bits per heavy atom. The van der Waals surface area contributed by atoms with Gasteiger partial charge in [-0.2, -0.15) is 0 Å². The van der Waals surface area contributed by atoms with Crippen LogP contribution < -0.4 is 4.74 Å². The average Bonchev–Trinajstić information content (AvgIpc) is 2.34. The molecule has 1 N–H and O–H groups in total. The molecular weight excluding hydrogens is 212 g/mol. The van der Waals surface area contributed by atoms with E-state index in [0.717, 1.165) is 24.2 Å². The molecule has 1 saturated carbocycles. The molecule has 3 unspecified atom stereocenters. The molecule has 1 fully saturated rings. The van der Waals surface area contributed by atoms with Crippen molar-refractivity contribution in [1.29, 1.82) is 0 Å². The summed E-state index contributed by atoms with van der Waals surface area (Å²) in [4.78, 5) is 0. The molecule has 0 saturated heterocycles. The predicted octanol–water partition coefficient (Wildman–Crippen LogP) is 3.34. The molecule has 0 aromatic heterocycles. The molecule has 1 aromatic carbocycles. The average molecular weight is 234 g/mol. The second-order valence-corrected chi connectivity index (χ2v) is 5.44. The van der Waals surface area contributed by atoms with Gasteiger partial charge in [0.15, 0.2) is 0 Å². The van der Waals surface area contributed by atoms with Crippen molar-refractivity contribution in [2.45, 2.75) is 38.7 Å². The van der Waals surface area contributed by atoms with E-state index in [1.165, 1.54) is 6.42 Å². The van der Waals surface area contributed by atoms with E-state index in [9.17, 15) is 5.11 Å². The molecule has 1 aliphatic rings. The lowest BCUT2D eigenvalue weighted by Crippen LogP contribution is -2.39. The van der Waals surface area contributed by atoms with E-state index in [-0.39, 0.29) is 0 Å². The molecule has 0 aliphatic heterocycles. The maximum Gasteiger partial charge on any atom is 0.118 e. The molecule has 2 rings (SSSR count). The van der Waals surface area contributed by atoms with Gasteiger partial charge in [-0.1, -0.05) is 32.4 Å². The standard InChI is InChI=1S/C15H22O2/c1-11-4-5-12(2)15(16,10-11)13-6-8-14(17-3)9-7-13/h6-9,11-12,16H,4-5,10H2,1-3H3. The Morgan fingerprint density at radius 2 is 1.82 bits per heavy atom. The lowest BCUT2D eigenvalue weighted by Gasteiger charge is -2.41. The van der Waals surface area contributed by atoms with Gasteiger partial charge in [-0.3, -0.25) is 0 Å². The van der Waals surface area contributed by atoms with E-state index in [4.69, 9.17) is 4.74 Å². The molecule has 17 heavy (non-hydrogen) atoms. The van der Waals surface area contributed by atoms with Crippen LogP contribution in [0.25, 0.3) is 0 Å². The molecule has 1 aromatic rings. The zero-order valence-corrected chi connectivity index (χ0v) is 10.9. The molecule has 2 heteroatoms. The number of hydrogen-bond donors (Lipinski definition) is 1. The normalized spacial score (nSPS) is 33.4. The van der Waals surface area contributed by atoms with Crippen molar-refractivity contribution in [3.8, 4) is 5.75 Å². The first-order chi connectivity index (χ1) is 8.06. The van der Waals surface area contributed by atoms with Gasteiger partial charge in [0.25, 0.3) is 0 Å². The van der Waals surface area contributed by atoms with Crippen LogP contribution in [0, 0.1) is 11.8 Å². The van der Waals surface area contributed by atoms with Crippen molar-refractivity contribution >= 4 is 0 Å². The van der Waals surface area contributed by atoms with Crippen LogP contribution >= 0.6 is 0 Å². The number of aliphatic hydroxyl groups is 1. The lowest BCUT2D eigenvalue weighted by atomic mass is 9.69. The summed E-state index contributed by atoms with van der Waals surface area (Å²) in [5.74, 6) is 1.76. The third-order valence-corrected chi connectivity index (χ3v) is 4.16. The van der Waals surface area contributed by atoms with E-state index < -0.39 is 5.60 Å². The highest BCUT2D eigenvalue weighted by Crippen LogP contribution is 2.43. The molecule has 3 atom stereocenters. The first-order valence-electron chi connectivity index (χ1n) is 6.43. The number of benzene rings is 1. The smallest absolute Gasteiger partial charge is 0.118 e. The minimum atomic E-state index is -0.663. The fourth-order valence-corrected chi connectivity index (χ4v) is 2.89. The Labute approximate surface area is 104 Å². The van der Waals surface area contributed by atoms with Crippen molar-refractivity contribution in [1.82, 2.24) is 0 Å². The second kappa shape index (κ2) is 4.69. The van der Waals surface area contributed by atoms with E-state index in [2.05, 4.69) is 13.8 Å². The summed E-state index contributed by atoms with van der Waals surface area (Å²) < 4.78 is 5.16. The van der Waals surface area contributed by atoms with Gasteiger partial charge in [0.1, 0.15) is 5.75 Å². The molecule has 0 bridgehead atoms. The molecule has 0 spiro atoms. The highest BCUT2D eigenvalue weighted by atomic mass is 16.5. The molecule has 0 radical (unpaired) electrons. The first-order valence-corrected chi connectivity index (χ1v) is 6.43. The predicted molar refractivity (Wildman–Crippen MR) is 69.1 cm³/mol. The van der Waals surface area contributed by atoms with Crippen LogP contribution in [0.3, 0.4) is 0 Å². The maximum atomic E-state index is 10.9. The van der Waals surface area contributed by atoms with Gasteiger partial charge in [-0.05, 0) is 42.4 Å². The molecule has 1 aliphatic carbocycles. The summed E-state index contributed by atoms with van der Waals surface area (Å²) in [5, 5.41) is 10.9. The highest BCUT2D eigenvalue weighted by Gasteiger charge is 2.40. The Hall–Kier alpha value is -1.02. The van der Waals surface area contributed by atoms with Gasteiger partial charge in [-0.25, -0.2) is 0 Å². The minimum Gasteiger partial charge on any atom is -0.497 e. The zero-order chi connectivity index (χ0) is 12.5. The lowest BCUT2D eigenvalue weighted by molar-refractivity contribution is -0.0627. The van der Waals surface area contributed by atoms with E-state index in [0.29, 0.717) is 11.8 Å². The summed E-state index contributed by atoms with van der Waals surface area (Å²) in [6.45, 7) is 4.37. The van der Waals surface area contributed by atoms with Crippen molar-refractivity contribution in [3.05, 3.63) is 29.8 Å².